The number of rotatable bonds is 3. The van der Waals surface area contributed by atoms with E-state index in [9.17, 15) is 4.79 Å². The van der Waals surface area contributed by atoms with Gasteiger partial charge >= 0.3 is 5.97 Å². The summed E-state index contributed by atoms with van der Waals surface area (Å²) < 4.78 is 5.43. The number of hydrogen-bond donors (Lipinski definition) is 0. The summed E-state index contributed by atoms with van der Waals surface area (Å²) in [5.74, 6) is -0.542. The molecule has 0 saturated heterocycles. The summed E-state index contributed by atoms with van der Waals surface area (Å²) in [4.78, 5) is 20.5. The number of carbonyl (C=O) groups is 1. The molecule has 21 heavy (non-hydrogen) atoms. The Hall–Kier alpha value is -2.23. The highest BCUT2D eigenvalue weighted by molar-refractivity contribution is 5.78. The van der Waals surface area contributed by atoms with E-state index >= 15 is 0 Å². The number of benzene rings is 1. The Balaban J connectivity index is 2.23. The summed E-state index contributed by atoms with van der Waals surface area (Å²) in [6.07, 6.45) is 4.99. The van der Waals surface area contributed by atoms with E-state index < -0.39 is 5.60 Å². The van der Waals surface area contributed by atoms with Gasteiger partial charge in [0.25, 0.3) is 0 Å². The smallest absolute Gasteiger partial charge is 0.313 e. The van der Waals surface area contributed by atoms with Crippen molar-refractivity contribution in [3.05, 3.63) is 48.4 Å². The highest BCUT2D eigenvalue weighted by Gasteiger charge is 2.23. The first-order valence-electron chi connectivity index (χ1n) is 6.96. The average Bonchev–Trinajstić information content (AvgIpc) is 2.46. The molecule has 4 nitrogen and oxygen atoms in total. The molecule has 1 aromatic carbocycles. The molecule has 0 spiro atoms. The van der Waals surface area contributed by atoms with Gasteiger partial charge in [0.15, 0.2) is 0 Å². The molecule has 4 heteroatoms. The van der Waals surface area contributed by atoms with E-state index in [-0.39, 0.29) is 11.9 Å². The molecule has 0 aliphatic carbocycles. The molecule has 0 saturated carbocycles. The molecule has 0 bridgehead atoms. The molecule has 1 atom stereocenters. The Morgan fingerprint density at radius 2 is 2.00 bits per heavy atom. The van der Waals surface area contributed by atoms with E-state index in [0.29, 0.717) is 0 Å². The van der Waals surface area contributed by atoms with Gasteiger partial charge in [-0.2, -0.15) is 0 Å². The molecule has 2 rings (SSSR count). The van der Waals surface area contributed by atoms with Crippen molar-refractivity contribution in [2.24, 2.45) is 0 Å². The molecule has 0 fully saturated rings. The normalized spacial score (nSPS) is 12.8. The SMILES string of the molecule is CC(C(=O)OC(C)(C)C)c1cccc(-c2cnccn2)c1. The van der Waals surface area contributed by atoms with Crippen LogP contribution in [0.25, 0.3) is 11.3 Å². The molecule has 2 aromatic rings. The quantitative estimate of drug-likeness (QED) is 0.808. The molecule has 0 radical (unpaired) electrons. The molecule has 1 aromatic heterocycles. The van der Waals surface area contributed by atoms with Crippen LogP contribution in [0.3, 0.4) is 0 Å². The van der Waals surface area contributed by atoms with Crippen molar-refractivity contribution < 1.29 is 9.53 Å². The molecule has 0 aliphatic heterocycles. The third kappa shape index (κ3) is 4.12. The summed E-state index contributed by atoms with van der Waals surface area (Å²) in [5.41, 5.74) is 2.16. The Bertz CT molecular complexity index is 618. The van der Waals surface area contributed by atoms with Gasteiger partial charge in [-0.3, -0.25) is 14.8 Å². The van der Waals surface area contributed by atoms with Crippen molar-refractivity contribution in [2.75, 3.05) is 0 Å². The van der Waals surface area contributed by atoms with Crippen LogP contribution in [0.4, 0.5) is 0 Å². The summed E-state index contributed by atoms with van der Waals surface area (Å²) in [5, 5.41) is 0. The predicted molar refractivity (Wildman–Crippen MR) is 81.7 cm³/mol. The van der Waals surface area contributed by atoms with Crippen molar-refractivity contribution in [3.8, 4) is 11.3 Å². The lowest BCUT2D eigenvalue weighted by atomic mass is 9.98. The second kappa shape index (κ2) is 6.04. The Morgan fingerprint density at radius 1 is 1.24 bits per heavy atom. The van der Waals surface area contributed by atoms with Crippen LogP contribution in [-0.2, 0) is 9.53 Å². The van der Waals surface area contributed by atoms with E-state index in [1.807, 2.05) is 52.0 Å². The number of aromatic nitrogens is 2. The third-order valence-corrected chi connectivity index (χ3v) is 3.01. The van der Waals surface area contributed by atoms with E-state index in [1.165, 1.54) is 0 Å². The van der Waals surface area contributed by atoms with Crippen LogP contribution in [0.1, 0.15) is 39.2 Å². The zero-order valence-corrected chi connectivity index (χ0v) is 12.8. The molecule has 1 heterocycles. The molecule has 0 aliphatic rings. The van der Waals surface area contributed by atoms with Gasteiger partial charge in [-0.15, -0.1) is 0 Å². The zero-order chi connectivity index (χ0) is 15.5. The van der Waals surface area contributed by atoms with Crippen molar-refractivity contribution in [2.45, 2.75) is 39.2 Å². The van der Waals surface area contributed by atoms with Gasteiger partial charge in [0, 0.05) is 18.0 Å². The van der Waals surface area contributed by atoms with Crippen molar-refractivity contribution >= 4 is 5.97 Å². The van der Waals surface area contributed by atoms with E-state index in [1.54, 1.807) is 18.6 Å². The molecule has 1 unspecified atom stereocenters. The first kappa shape index (κ1) is 15.2. The van der Waals surface area contributed by atoms with Crippen molar-refractivity contribution in [1.29, 1.82) is 0 Å². The van der Waals surface area contributed by atoms with Crippen LogP contribution in [-0.4, -0.2) is 21.5 Å². The zero-order valence-electron chi connectivity index (χ0n) is 12.8. The van der Waals surface area contributed by atoms with Crippen molar-refractivity contribution in [3.63, 3.8) is 0 Å². The standard InChI is InChI=1S/C17H20N2O2/c1-12(16(20)21-17(2,3)4)13-6-5-7-14(10-13)15-11-18-8-9-19-15/h5-12H,1-4H3. The lowest BCUT2D eigenvalue weighted by Crippen LogP contribution is -2.26. The number of nitrogens with zero attached hydrogens (tertiary/aromatic N) is 2. The van der Waals surface area contributed by atoms with E-state index in [0.717, 1.165) is 16.8 Å². The van der Waals surface area contributed by atoms with E-state index in [2.05, 4.69) is 9.97 Å². The number of carbonyl (C=O) groups excluding carboxylic acids is 1. The molecular formula is C17H20N2O2. The van der Waals surface area contributed by atoms with Crippen LogP contribution in [0.2, 0.25) is 0 Å². The summed E-state index contributed by atoms with van der Waals surface area (Å²) in [7, 11) is 0. The lowest BCUT2D eigenvalue weighted by molar-refractivity contribution is -0.156. The van der Waals surface area contributed by atoms with Crippen LogP contribution in [0.5, 0.6) is 0 Å². The second-order valence-corrected chi connectivity index (χ2v) is 5.97. The minimum atomic E-state index is -0.478. The van der Waals surface area contributed by atoms with Crippen LogP contribution < -0.4 is 0 Å². The third-order valence-electron chi connectivity index (χ3n) is 3.01. The number of hydrogen-bond acceptors (Lipinski definition) is 4. The Morgan fingerprint density at radius 3 is 2.62 bits per heavy atom. The fourth-order valence-corrected chi connectivity index (χ4v) is 1.94. The summed E-state index contributed by atoms with van der Waals surface area (Å²) in [6, 6.07) is 7.75. The van der Waals surface area contributed by atoms with Gasteiger partial charge in [-0.05, 0) is 39.3 Å². The largest absolute Gasteiger partial charge is 0.460 e. The topological polar surface area (TPSA) is 52.1 Å². The highest BCUT2D eigenvalue weighted by atomic mass is 16.6. The van der Waals surface area contributed by atoms with Gasteiger partial charge in [-0.1, -0.05) is 18.2 Å². The van der Waals surface area contributed by atoms with Gasteiger partial charge in [0.05, 0.1) is 17.8 Å². The van der Waals surface area contributed by atoms with Gasteiger partial charge in [-0.25, -0.2) is 0 Å². The number of esters is 1. The molecule has 110 valence electrons. The molecular weight excluding hydrogens is 264 g/mol. The van der Waals surface area contributed by atoms with Gasteiger partial charge < -0.3 is 4.74 Å². The van der Waals surface area contributed by atoms with Gasteiger partial charge in [0.1, 0.15) is 5.60 Å². The summed E-state index contributed by atoms with van der Waals surface area (Å²) >= 11 is 0. The van der Waals surface area contributed by atoms with Crippen LogP contribution >= 0.6 is 0 Å². The van der Waals surface area contributed by atoms with Crippen molar-refractivity contribution in [1.82, 2.24) is 9.97 Å². The molecule has 0 N–H and O–H groups in total. The fraction of sp³-hybridized carbons (Fsp3) is 0.353. The maximum absolute atomic E-state index is 12.2. The maximum Gasteiger partial charge on any atom is 0.313 e. The predicted octanol–water partition coefficient (Wildman–Crippen LogP) is 3.59. The first-order chi connectivity index (χ1) is 9.87. The minimum absolute atomic E-state index is 0.223. The average molecular weight is 284 g/mol. The molecule has 0 amide bonds. The first-order valence-corrected chi connectivity index (χ1v) is 6.96. The Kier molecular flexibility index (Phi) is 4.36. The lowest BCUT2D eigenvalue weighted by Gasteiger charge is -2.22. The van der Waals surface area contributed by atoms with Crippen LogP contribution in [0, 0.1) is 0 Å². The summed E-state index contributed by atoms with van der Waals surface area (Å²) in [6.45, 7) is 7.46. The maximum atomic E-state index is 12.2. The second-order valence-electron chi connectivity index (χ2n) is 5.97. The number of ether oxygens (including phenoxy) is 1. The van der Waals surface area contributed by atoms with Crippen LogP contribution in [0.15, 0.2) is 42.9 Å². The highest BCUT2D eigenvalue weighted by Crippen LogP contribution is 2.24. The van der Waals surface area contributed by atoms with E-state index in [4.69, 9.17) is 4.74 Å². The Labute approximate surface area is 125 Å². The fourth-order valence-electron chi connectivity index (χ4n) is 1.94. The van der Waals surface area contributed by atoms with Gasteiger partial charge in [0.2, 0.25) is 0 Å². The monoisotopic (exact) mass is 284 g/mol. The minimum Gasteiger partial charge on any atom is -0.460 e.